The highest BCUT2D eigenvalue weighted by Crippen LogP contribution is 2.23. The van der Waals surface area contributed by atoms with Crippen LogP contribution in [0.4, 0.5) is 0 Å². The summed E-state index contributed by atoms with van der Waals surface area (Å²) in [6, 6.07) is 3.94. The number of amides is 2. The number of carbonyl (C=O) groups is 2. The van der Waals surface area contributed by atoms with E-state index in [4.69, 9.17) is 0 Å². The largest absolute Gasteiger partial charge is 0.342 e. The first-order chi connectivity index (χ1) is 9.69. The second-order valence-corrected chi connectivity index (χ2v) is 5.45. The van der Waals surface area contributed by atoms with E-state index in [-0.39, 0.29) is 17.7 Å². The summed E-state index contributed by atoms with van der Waals surface area (Å²) < 4.78 is 0. The van der Waals surface area contributed by atoms with Gasteiger partial charge in [-0.05, 0) is 18.6 Å². The molecule has 1 aromatic heterocycles. The monoisotopic (exact) mass is 273 g/mol. The highest BCUT2D eigenvalue weighted by Gasteiger charge is 2.36. The van der Waals surface area contributed by atoms with Gasteiger partial charge in [-0.15, -0.1) is 0 Å². The standard InChI is InChI=1S/C15H19N3O2/c1-2-17-10-12(8-14(17)19)15(20)18-7-5-13-11(9-18)4-3-6-16-13/h3-4,6,12H,2,5,7-10H2,1H3/t12-/m0/s1. The van der Waals surface area contributed by atoms with Crippen LogP contribution in [0.15, 0.2) is 18.3 Å². The highest BCUT2D eigenvalue weighted by molar-refractivity contribution is 5.89. The Morgan fingerprint density at radius 2 is 2.35 bits per heavy atom. The molecular formula is C15H19N3O2. The number of nitrogens with zero attached hydrogens (tertiary/aromatic N) is 3. The minimum atomic E-state index is -0.166. The second-order valence-electron chi connectivity index (χ2n) is 5.45. The zero-order valence-corrected chi connectivity index (χ0v) is 11.7. The third-order valence-electron chi connectivity index (χ3n) is 4.22. The summed E-state index contributed by atoms with van der Waals surface area (Å²) in [7, 11) is 0. The lowest BCUT2D eigenvalue weighted by atomic mass is 10.0. The van der Waals surface area contributed by atoms with Crippen molar-refractivity contribution in [2.45, 2.75) is 26.3 Å². The fourth-order valence-electron chi connectivity index (χ4n) is 3.06. The maximum Gasteiger partial charge on any atom is 0.228 e. The molecule has 0 radical (unpaired) electrons. The Morgan fingerprint density at radius 3 is 3.10 bits per heavy atom. The molecule has 1 aromatic rings. The Morgan fingerprint density at radius 1 is 1.50 bits per heavy atom. The van der Waals surface area contributed by atoms with Gasteiger partial charge in [0.15, 0.2) is 0 Å². The van der Waals surface area contributed by atoms with Crippen LogP contribution >= 0.6 is 0 Å². The smallest absolute Gasteiger partial charge is 0.228 e. The van der Waals surface area contributed by atoms with Gasteiger partial charge in [0.05, 0.1) is 5.92 Å². The van der Waals surface area contributed by atoms with Crippen molar-refractivity contribution < 1.29 is 9.59 Å². The van der Waals surface area contributed by atoms with E-state index in [9.17, 15) is 9.59 Å². The summed E-state index contributed by atoms with van der Waals surface area (Å²) in [6.45, 7) is 4.55. The summed E-state index contributed by atoms with van der Waals surface area (Å²) in [6.07, 6.45) is 2.97. The molecule has 1 atom stereocenters. The van der Waals surface area contributed by atoms with E-state index in [2.05, 4.69) is 4.98 Å². The Kier molecular flexibility index (Phi) is 3.42. The van der Waals surface area contributed by atoms with Crippen LogP contribution < -0.4 is 0 Å². The van der Waals surface area contributed by atoms with Gasteiger partial charge in [0.25, 0.3) is 0 Å². The van der Waals surface area contributed by atoms with Gasteiger partial charge in [-0.25, -0.2) is 0 Å². The zero-order valence-electron chi connectivity index (χ0n) is 11.7. The number of fused-ring (bicyclic) bond motifs is 1. The Bertz CT molecular complexity index is 544. The van der Waals surface area contributed by atoms with E-state index in [1.165, 1.54) is 0 Å². The lowest BCUT2D eigenvalue weighted by Gasteiger charge is -2.30. The number of carbonyl (C=O) groups excluding carboxylic acids is 2. The third-order valence-corrected chi connectivity index (χ3v) is 4.22. The molecule has 1 saturated heterocycles. The average molecular weight is 273 g/mol. The summed E-state index contributed by atoms with van der Waals surface area (Å²) in [5, 5.41) is 0. The molecule has 106 valence electrons. The molecule has 0 aromatic carbocycles. The second kappa shape index (κ2) is 5.23. The van der Waals surface area contributed by atoms with Gasteiger partial charge in [-0.3, -0.25) is 14.6 Å². The number of rotatable bonds is 2. The SMILES string of the molecule is CCN1C[C@@H](C(=O)N2CCc3ncccc3C2)CC1=O. The predicted molar refractivity (Wildman–Crippen MR) is 73.7 cm³/mol. The van der Waals surface area contributed by atoms with Crippen LogP contribution in [0.5, 0.6) is 0 Å². The van der Waals surface area contributed by atoms with Crippen molar-refractivity contribution in [3.63, 3.8) is 0 Å². The van der Waals surface area contributed by atoms with E-state index in [1.807, 2.05) is 24.0 Å². The molecule has 0 aliphatic carbocycles. The molecule has 2 aliphatic heterocycles. The first-order valence-corrected chi connectivity index (χ1v) is 7.18. The zero-order chi connectivity index (χ0) is 14.1. The number of hydrogen-bond donors (Lipinski definition) is 0. The first-order valence-electron chi connectivity index (χ1n) is 7.18. The van der Waals surface area contributed by atoms with Gasteiger partial charge >= 0.3 is 0 Å². The van der Waals surface area contributed by atoms with Crippen molar-refractivity contribution in [3.05, 3.63) is 29.6 Å². The van der Waals surface area contributed by atoms with E-state index >= 15 is 0 Å². The fourth-order valence-corrected chi connectivity index (χ4v) is 3.06. The molecule has 0 spiro atoms. The third kappa shape index (κ3) is 2.28. The lowest BCUT2D eigenvalue weighted by molar-refractivity contribution is -0.136. The molecule has 3 rings (SSSR count). The summed E-state index contributed by atoms with van der Waals surface area (Å²) in [4.78, 5) is 32.3. The molecule has 0 N–H and O–H groups in total. The van der Waals surface area contributed by atoms with Crippen molar-refractivity contribution in [2.75, 3.05) is 19.6 Å². The average Bonchev–Trinajstić information content (AvgIpc) is 2.87. The lowest BCUT2D eigenvalue weighted by Crippen LogP contribution is -2.40. The number of likely N-dealkylation sites (tertiary alicyclic amines) is 1. The molecular weight excluding hydrogens is 254 g/mol. The molecule has 3 heterocycles. The summed E-state index contributed by atoms with van der Waals surface area (Å²) in [5.41, 5.74) is 2.22. The van der Waals surface area contributed by atoms with E-state index in [0.29, 0.717) is 32.6 Å². The Labute approximate surface area is 118 Å². The molecule has 0 bridgehead atoms. The van der Waals surface area contributed by atoms with Gasteiger partial charge in [0.1, 0.15) is 0 Å². The van der Waals surface area contributed by atoms with Crippen molar-refractivity contribution in [1.29, 1.82) is 0 Å². The van der Waals surface area contributed by atoms with Crippen LogP contribution in [0.1, 0.15) is 24.6 Å². The van der Waals surface area contributed by atoms with Crippen LogP contribution in [-0.4, -0.2) is 46.2 Å². The summed E-state index contributed by atoms with van der Waals surface area (Å²) in [5.74, 6) is 0.0504. The predicted octanol–water partition coefficient (Wildman–Crippen LogP) is 0.835. The van der Waals surface area contributed by atoms with Gasteiger partial charge < -0.3 is 9.80 Å². The first kappa shape index (κ1) is 13.1. The van der Waals surface area contributed by atoms with Crippen molar-refractivity contribution >= 4 is 11.8 Å². The molecule has 0 unspecified atom stereocenters. The van der Waals surface area contributed by atoms with Crippen molar-refractivity contribution in [1.82, 2.24) is 14.8 Å². The molecule has 5 heteroatoms. The molecule has 0 saturated carbocycles. The molecule has 20 heavy (non-hydrogen) atoms. The maximum atomic E-state index is 12.5. The van der Waals surface area contributed by atoms with Gasteiger partial charge in [-0.1, -0.05) is 6.07 Å². The van der Waals surface area contributed by atoms with Crippen LogP contribution in [0.25, 0.3) is 0 Å². The Hall–Kier alpha value is -1.91. The van der Waals surface area contributed by atoms with Gasteiger partial charge in [0.2, 0.25) is 11.8 Å². The quantitative estimate of drug-likeness (QED) is 0.802. The Balaban J connectivity index is 1.69. The highest BCUT2D eigenvalue weighted by atomic mass is 16.2. The van der Waals surface area contributed by atoms with Crippen LogP contribution in [0.3, 0.4) is 0 Å². The maximum absolute atomic E-state index is 12.5. The topological polar surface area (TPSA) is 53.5 Å². The number of hydrogen-bond acceptors (Lipinski definition) is 3. The van der Waals surface area contributed by atoms with Crippen molar-refractivity contribution in [3.8, 4) is 0 Å². The van der Waals surface area contributed by atoms with E-state index in [0.717, 1.165) is 17.7 Å². The summed E-state index contributed by atoms with van der Waals surface area (Å²) >= 11 is 0. The van der Waals surface area contributed by atoms with E-state index in [1.54, 1.807) is 11.1 Å². The minimum absolute atomic E-state index is 0.102. The molecule has 1 fully saturated rings. The van der Waals surface area contributed by atoms with Gasteiger partial charge in [0, 0.05) is 50.9 Å². The molecule has 2 aliphatic rings. The fraction of sp³-hybridized carbons (Fsp3) is 0.533. The number of pyridine rings is 1. The van der Waals surface area contributed by atoms with E-state index < -0.39 is 0 Å². The minimum Gasteiger partial charge on any atom is -0.342 e. The van der Waals surface area contributed by atoms with Crippen LogP contribution in [0, 0.1) is 5.92 Å². The van der Waals surface area contributed by atoms with Crippen LogP contribution in [-0.2, 0) is 22.6 Å². The molecule has 2 amide bonds. The molecule has 5 nitrogen and oxygen atoms in total. The van der Waals surface area contributed by atoms with Gasteiger partial charge in [-0.2, -0.15) is 0 Å². The van der Waals surface area contributed by atoms with Crippen LogP contribution in [0.2, 0.25) is 0 Å². The normalized spacial score (nSPS) is 22.1. The van der Waals surface area contributed by atoms with Crippen molar-refractivity contribution in [2.24, 2.45) is 5.92 Å². The number of aromatic nitrogens is 1.